The van der Waals surface area contributed by atoms with Gasteiger partial charge in [-0.15, -0.1) is 22.7 Å². The number of carboxylic acid groups (broad SMARTS) is 1. The first-order valence-electron chi connectivity index (χ1n) is 6.65. The molecule has 0 saturated heterocycles. The molecule has 1 atom stereocenters. The minimum absolute atomic E-state index is 0.422. The van der Waals surface area contributed by atoms with Gasteiger partial charge in [-0.2, -0.15) is 0 Å². The van der Waals surface area contributed by atoms with Crippen molar-refractivity contribution < 1.29 is 9.90 Å². The molecule has 0 saturated carbocycles. The summed E-state index contributed by atoms with van der Waals surface area (Å²) < 4.78 is 0. The van der Waals surface area contributed by atoms with Gasteiger partial charge in [0, 0.05) is 14.6 Å². The summed E-state index contributed by atoms with van der Waals surface area (Å²) in [5.41, 5.74) is 0.776. The highest BCUT2D eigenvalue weighted by Gasteiger charge is 2.29. The van der Waals surface area contributed by atoms with E-state index in [1.807, 2.05) is 0 Å². The Hall–Kier alpha value is -1.40. The van der Waals surface area contributed by atoms with Crippen molar-refractivity contribution >= 4 is 33.8 Å². The highest BCUT2D eigenvalue weighted by molar-refractivity contribution is 7.15. The molecule has 2 aromatic rings. The lowest BCUT2D eigenvalue weighted by atomic mass is 9.91. The lowest BCUT2D eigenvalue weighted by Gasteiger charge is -2.16. The molecular formula is C14H16N2O2S2. The van der Waals surface area contributed by atoms with E-state index in [9.17, 15) is 9.90 Å². The SMILES string of the molecule is Cc1ccc(CNc2nc3c(s2)CCCC3C(=O)O)s1. The number of thiophene rings is 1. The third kappa shape index (κ3) is 2.71. The van der Waals surface area contributed by atoms with E-state index >= 15 is 0 Å². The predicted octanol–water partition coefficient (Wildman–Crippen LogP) is 3.63. The number of fused-ring (bicyclic) bond motifs is 1. The molecule has 0 aromatic carbocycles. The first kappa shape index (κ1) is 13.6. The van der Waals surface area contributed by atoms with Gasteiger partial charge in [0.2, 0.25) is 0 Å². The topological polar surface area (TPSA) is 62.2 Å². The van der Waals surface area contributed by atoms with E-state index in [1.165, 1.54) is 9.75 Å². The van der Waals surface area contributed by atoms with Crippen LogP contribution in [0.5, 0.6) is 0 Å². The van der Waals surface area contributed by atoms with Gasteiger partial charge in [0.25, 0.3) is 0 Å². The molecule has 2 heterocycles. The molecule has 0 fully saturated rings. The van der Waals surface area contributed by atoms with Gasteiger partial charge < -0.3 is 10.4 Å². The Labute approximate surface area is 125 Å². The number of carboxylic acids is 1. The molecule has 0 bridgehead atoms. The normalized spacial score (nSPS) is 17.8. The van der Waals surface area contributed by atoms with E-state index in [-0.39, 0.29) is 0 Å². The monoisotopic (exact) mass is 308 g/mol. The number of aryl methyl sites for hydroxylation is 2. The molecule has 0 aliphatic heterocycles. The third-order valence-corrected chi connectivity index (χ3v) is 5.55. The molecule has 0 spiro atoms. The van der Waals surface area contributed by atoms with Crippen LogP contribution >= 0.6 is 22.7 Å². The molecule has 20 heavy (non-hydrogen) atoms. The van der Waals surface area contributed by atoms with Crippen molar-refractivity contribution in [2.24, 2.45) is 0 Å². The third-order valence-electron chi connectivity index (χ3n) is 3.46. The second-order valence-electron chi connectivity index (χ2n) is 4.98. The molecule has 0 radical (unpaired) electrons. The van der Waals surface area contributed by atoms with E-state index in [1.54, 1.807) is 22.7 Å². The van der Waals surface area contributed by atoms with E-state index < -0.39 is 11.9 Å². The van der Waals surface area contributed by atoms with E-state index in [2.05, 4.69) is 29.4 Å². The Balaban J connectivity index is 1.74. The number of nitrogens with one attached hydrogen (secondary N) is 1. The fraction of sp³-hybridized carbons (Fsp3) is 0.429. The Morgan fingerprint density at radius 3 is 3.05 bits per heavy atom. The number of hydrogen-bond donors (Lipinski definition) is 2. The zero-order valence-electron chi connectivity index (χ0n) is 11.2. The van der Waals surface area contributed by atoms with Gasteiger partial charge in [-0.05, 0) is 38.3 Å². The average molecular weight is 308 g/mol. The lowest BCUT2D eigenvalue weighted by molar-refractivity contribution is -0.139. The zero-order valence-corrected chi connectivity index (χ0v) is 12.8. The van der Waals surface area contributed by atoms with Crippen LogP contribution in [-0.2, 0) is 17.8 Å². The molecule has 3 rings (SSSR count). The van der Waals surface area contributed by atoms with Crippen molar-refractivity contribution in [2.45, 2.75) is 38.6 Å². The van der Waals surface area contributed by atoms with Crippen LogP contribution in [0.1, 0.15) is 39.1 Å². The predicted molar refractivity (Wildman–Crippen MR) is 81.8 cm³/mol. The van der Waals surface area contributed by atoms with Gasteiger partial charge >= 0.3 is 5.97 Å². The summed E-state index contributed by atoms with van der Waals surface area (Å²) in [4.78, 5) is 19.5. The molecule has 1 unspecified atom stereocenters. The van der Waals surface area contributed by atoms with Crippen molar-refractivity contribution in [1.29, 1.82) is 0 Å². The fourth-order valence-corrected chi connectivity index (χ4v) is 4.37. The summed E-state index contributed by atoms with van der Waals surface area (Å²) in [5.74, 6) is -1.17. The summed E-state index contributed by atoms with van der Waals surface area (Å²) >= 11 is 3.37. The molecule has 4 nitrogen and oxygen atoms in total. The quantitative estimate of drug-likeness (QED) is 0.905. The largest absolute Gasteiger partial charge is 0.481 e. The van der Waals surface area contributed by atoms with Gasteiger partial charge in [-0.3, -0.25) is 4.79 Å². The first-order valence-corrected chi connectivity index (χ1v) is 8.28. The molecule has 1 aliphatic carbocycles. The van der Waals surface area contributed by atoms with Gasteiger partial charge in [0.15, 0.2) is 5.13 Å². The smallest absolute Gasteiger partial charge is 0.312 e. The summed E-state index contributed by atoms with van der Waals surface area (Å²) in [6.45, 7) is 2.84. The van der Waals surface area contributed by atoms with Gasteiger partial charge in [-0.1, -0.05) is 0 Å². The summed E-state index contributed by atoms with van der Waals surface area (Å²) in [5, 5.41) is 13.4. The second-order valence-corrected chi connectivity index (χ2v) is 7.43. The number of carbonyl (C=O) groups is 1. The minimum atomic E-state index is -0.753. The Morgan fingerprint density at radius 1 is 1.50 bits per heavy atom. The standard InChI is InChI=1S/C14H16N2O2S2/c1-8-5-6-9(19-8)7-15-14-16-12-10(13(17)18)3-2-4-11(12)20-14/h5-6,10H,2-4,7H2,1H3,(H,15,16)(H,17,18). The van der Waals surface area contributed by atoms with Gasteiger partial charge in [0.1, 0.15) is 5.92 Å². The number of thiazole rings is 1. The van der Waals surface area contributed by atoms with Crippen LogP contribution in [0, 0.1) is 6.92 Å². The van der Waals surface area contributed by atoms with Crippen molar-refractivity contribution in [3.05, 3.63) is 32.5 Å². The molecule has 2 aromatic heterocycles. The van der Waals surface area contributed by atoms with Gasteiger partial charge in [0.05, 0.1) is 12.2 Å². The minimum Gasteiger partial charge on any atom is -0.481 e. The molecule has 0 amide bonds. The molecule has 6 heteroatoms. The Morgan fingerprint density at radius 2 is 2.35 bits per heavy atom. The van der Waals surface area contributed by atoms with Crippen molar-refractivity contribution in [1.82, 2.24) is 4.98 Å². The number of hydrogen-bond acceptors (Lipinski definition) is 5. The van der Waals surface area contributed by atoms with Crippen LogP contribution in [0.3, 0.4) is 0 Å². The van der Waals surface area contributed by atoms with Crippen molar-refractivity contribution in [3.8, 4) is 0 Å². The molecule has 106 valence electrons. The lowest BCUT2D eigenvalue weighted by Crippen LogP contribution is -2.17. The number of rotatable bonds is 4. The van der Waals surface area contributed by atoms with Gasteiger partial charge in [-0.25, -0.2) is 4.98 Å². The van der Waals surface area contributed by atoms with Crippen LogP contribution in [0.4, 0.5) is 5.13 Å². The average Bonchev–Trinajstić information content (AvgIpc) is 3.01. The fourth-order valence-electron chi connectivity index (χ4n) is 2.48. The second kappa shape index (κ2) is 5.54. The maximum Gasteiger partial charge on any atom is 0.312 e. The number of nitrogens with zero attached hydrogens (tertiary/aromatic N) is 1. The maximum atomic E-state index is 11.3. The number of anilines is 1. The zero-order chi connectivity index (χ0) is 14.1. The van der Waals surface area contributed by atoms with Crippen LogP contribution in [-0.4, -0.2) is 16.1 Å². The Kier molecular flexibility index (Phi) is 3.76. The highest BCUT2D eigenvalue weighted by Crippen LogP contribution is 2.37. The van der Waals surface area contributed by atoms with Crippen LogP contribution in [0.25, 0.3) is 0 Å². The first-order chi connectivity index (χ1) is 9.63. The number of aromatic nitrogens is 1. The number of aliphatic carboxylic acids is 1. The van der Waals surface area contributed by atoms with E-state index in [0.717, 1.165) is 35.1 Å². The molecule has 1 aliphatic rings. The summed E-state index contributed by atoms with van der Waals surface area (Å²) in [6.07, 6.45) is 2.60. The summed E-state index contributed by atoms with van der Waals surface area (Å²) in [6, 6.07) is 4.22. The van der Waals surface area contributed by atoms with E-state index in [0.29, 0.717) is 6.42 Å². The maximum absolute atomic E-state index is 11.3. The van der Waals surface area contributed by atoms with Crippen LogP contribution < -0.4 is 5.32 Å². The van der Waals surface area contributed by atoms with Crippen LogP contribution in [0.2, 0.25) is 0 Å². The van der Waals surface area contributed by atoms with E-state index in [4.69, 9.17) is 0 Å². The molecular weight excluding hydrogens is 292 g/mol. The highest BCUT2D eigenvalue weighted by atomic mass is 32.1. The molecule has 2 N–H and O–H groups in total. The van der Waals surface area contributed by atoms with Crippen LogP contribution in [0.15, 0.2) is 12.1 Å². The summed E-state index contributed by atoms with van der Waals surface area (Å²) in [7, 11) is 0. The van der Waals surface area contributed by atoms with Crippen molar-refractivity contribution in [3.63, 3.8) is 0 Å². The van der Waals surface area contributed by atoms with Crippen molar-refractivity contribution in [2.75, 3.05) is 5.32 Å². The Bertz CT molecular complexity index is 633.